The molecule has 0 saturated heterocycles. The van der Waals surface area contributed by atoms with Gasteiger partial charge >= 0.3 is 6.18 Å². The molecule has 2 rings (SSSR count). The van der Waals surface area contributed by atoms with Crippen LogP contribution in [0.2, 0.25) is 0 Å². The Morgan fingerprint density at radius 3 is 2.23 bits per heavy atom. The van der Waals surface area contributed by atoms with Gasteiger partial charge in [-0.05, 0) is 30.3 Å². The van der Waals surface area contributed by atoms with Gasteiger partial charge < -0.3 is 5.73 Å². The topological polar surface area (TPSA) is 93.9 Å². The van der Waals surface area contributed by atoms with Gasteiger partial charge in [-0.3, -0.25) is 10.1 Å². The number of azo groups is 1. The fraction of sp³-hybridized carbons (Fsp3) is 0.0769. The fourth-order valence-corrected chi connectivity index (χ4v) is 1.60. The molecule has 0 radical (unpaired) electrons. The van der Waals surface area contributed by atoms with Gasteiger partial charge in [-0.2, -0.15) is 18.3 Å². The molecule has 6 nitrogen and oxygen atoms in total. The number of anilines is 1. The van der Waals surface area contributed by atoms with Crippen molar-refractivity contribution in [3.8, 4) is 0 Å². The smallest absolute Gasteiger partial charge is 0.399 e. The first-order chi connectivity index (χ1) is 10.3. The third-order valence-electron chi connectivity index (χ3n) is 2.66. The van der Waals surface area contributed by atoms with Crippen LogP contribution >= 0.6 is 0 Å². The van der Waals surface area contributed by atoms with Crippen molar-refractivity contribution in [1.82, 2.24) is 0 Å². The van der Waals surface area contributed by atoms with Crippen molar-refractivity contribution in [2.45, 2.75) is 6.18 Å². The highest BCUT2D eigenvalue weighted by molar-refractivity contribution is 5.54. The zero-order valence-corrected chi connectivity index (χ0v) is 10.9. The molecule has 0 atom stereocenters. The van der Waals surface area contributed by atoms with Crippen molar-refractivity contribution < 1.29 is 18.1 Å². The second-order valence-electron chi connectivity index (χ2n) is 4.25. The Kier molecular flexibility index (Phi) is 4.06. The normalized spacial score (nSPS) is 11.8. The number of benzene rings is 2. The Hall–Kier alpha value is -2.97. The van der Waals surface area contributed by atoms with Gasteiger partial charge in [0.15, 0.2) is 0 Å². The molecule has 0 amide bonds. The molecule has 0 spiro atoms. The van der Waals surface area contributed by atoms with Crippen LogP contribution in [0.3, 0.4) is 0 Å². The molecule has 0 heterocycles. The number of nitrogens with zero attached hydrogens (tertiary/aromatic N) is 3. The molecule has 114 valence electrons. The summed E-state index contributed by atoms with van der Waals surface area (Å²) in [5.41, 5.74) is 3.86. The van der Waals surface area contributed by atoms with E-state index in [1.807, 2.05) is 0 Å². The summed E-state index contributed by atoms with van der Waals surface area (Å²) in [5.74, 6) is 0. The third kappa shape index (κ3) is 3.57. The Balaban J connectivity index is 2.41. The highest BCUT2D eigenvalue weighted by atomic mass is 19.4. The standard InChI is InChI=1S/C13H9F3N4O2/c14-13(15,16)11-7-10(20(21)22)5-6-12(11)19-18-9-3-1-8(17)2-4-9/h1-7H,17H2. The molecule has 22 heavy (non-hydrogen) atoms. The van der Waals surface area contributed by atoms with Crippen molar-refractivity contribution in [3.05, 3.63) is 58.1 Å². The minimum absolute atomic E-state index is 0.306. The molecule has 9 heteroatoms. The molecule has 2 N–H and O–H groups in total. The number of hydrogen-bond acceptors (Lipinski definition) is 5. The Bertz CT molecular complexity index is 727. The summed E-state index contributed by atoms with van der Waals surface area (Å²) in [5, 5.41) is 17.8. The van der Waals surface area contributed by atoms with Crippen molar-refractivity contribution >= 4 is 22.7 Å². The number of nitrogens with two attached hydrogens (primary N) is 1. The van der Waals surface area contributed by atoms with E-state index >= 15 is 0 Å². The quantitative estimate of drug-likeness (QED) is 0.388. The van der Waals surface area contributed by atoms with Crippen molar-refractivity contribution in [2.24, 2.45) is 10.2 Å². The van der Waals surface area contributed by atoms with Crippen LogP contribution in [0.5, 0.6) is 0 Å². The Morgan fingerprint density at radius 2 is 1.68 bits per heavy atom. The maximum Gasteiger partial charge on any atom is 0.418 e. The van der Waals surface area contributed by atoms with Crippen LogP contribution in [-0.4, -0.2) is 4.92 Å². The van der Waals surface area contributed by atoms with Gasteiger partial charge in [-0.1, -0.05) is 0 Å². The lowest BCUT2D eigenvalue weighted by Gasteiger charge is -2.08. The zero-order valence-electron chi connectivity index (χ0n) is 10.9. The summed E-state index contributed by atoms with van der Waals surface area (Å²) in [6, 6.07) is 8.28. The Labute approximate surface area is 122 Å². The molecule has 0 saturated carbocycles. The van der Waals surface area contributed by atoms with Crippen molar-refractivity contribution in [2.75, 3.05) is 5.73 Å². The summed E-state index contributed by atoms with van der Waals surface area (Å²) < 4.78 is 38.8. The van der Waals surface area contributed by atoms with Crippen LogP contribution in [0, 0.1) is 10.1 Å². The van der Waals surface area contributed by atoms with E-state index in [-0.39, 0.29) is 0 Å². The number of nitrogen functional groups attached to an aromatic ring is 1. The predicted octanol–water partition coefficient (Wildman–Crippen LogP) is 4.61. The molecular formula is C13H9F3N4O2. The maximum atomic E-state index is 12.9. The first-order valence-corrected chi connectivity index (χ1v) is 5.90. The number of rotatable bonds is 3. The molecule has 0 unspecified atom stereocenters. The molecule has 2 aromatic carbocycles. The number of halogens is 3. The van der Waals surface area contributed by atoms with Crippen LogP contribution < -0.4 is 5.73 Å². The lowest BCUT2D eigenvalue weighted by Crippen LogP contribution is -2.06. The average Bonchev–Trinajstić information content (AvgIpc) is 2.45. The van der Waals surface area contributed by atoms with Gasteiger partial charge in [0.25, 0.3) is 5.69 Å². The minimum Gasteiger partial charge on any atom is -0.399 e. The van der Waals surface area contributed by atoms with Crippen molar-refractivity contribution in [3.63, 3.8) is 0 Å². The molecule has 2 aromatic rings. The van der Waals surface area contributed by atoms with Crippen LogP contribution in [0.25, 0.3) is 0 Å². The molecule has 0 fully saturated rings. The summed E-state index contributed by atoms with van der Waals surface area (Å²) in [4.78, 5) is 9.67. The van der Waals surface area contributed by atoms with Gasteiger partial charge in [0, 0.05) is 17.8 Å². The lowest BCUT2D eigenvalue weighted by atomic mass is 10.1. The monoisotopic (exact) mass is 310 g/mol. The van der Waals surface area contributed by atoms with Gasteiger partial charge in [0.1, 0.15) is 0 Å². The number of hydrogen-bond donors (Lipinski definition) is 1. The first kappa shape index (κ1) is 15.4. The third-order valence-corrected chi connectivity index (χ3v) is 2.66. The van der Waals surface area contributed by atoms with Crippen LogP contribution in [0.1, 0.15) is 5.56 Å². The average molecular weight is 310 g/mol. The van der Waals surface area contributed by atoms with E-state index in [1.54, 1.807) is 0 Å². The molecule has 0 aliphatic heterocycles. The molecule has 0 bridgehead atoms. The second-order valence-corrected chi connectivity index (χ2v) is 4.25. The summed E-state index contributed by atoms with van der Waals surface area (Å²) >= 11 is 0. The van der Waals surface area contributed by atoms with E-state index in [0.29, 0.717) is 17.4 Å². The van der Waals surface area contributed by atoms with E-state index in [0.717, 1.165) is 12.1 Å². The summed E-state index contributed by atoms with van der Waals surface area (Å²) in [7, 11) is 0. The summed E-state index contributed by atoms with van der Waals surface area (Å²) in [6.45, 7) is 0. The van der Waals surface area contributed by atoms with Crippen LogP contribution in [-0.2, 0) is 6.18 Å². The molecule has 0 aliphatic rings. The highest BCUT2D eigenvalue weighted by Crippen LogP contribution is 2.39. The van der Waals surface area contributed by atoms with Gasteiger partial charge in [-0.25, -0.2) is 0 Å². The Morgan fingerprint density at radius 1 is 1.05 bits per heavy atom. The number of nitro benzene ring substituents is 1. The predicted molar refractivity (Wildman–Crippen MR) is 73.1 cm³/mol. The van der Waals surface area contributed by atoms with Crippen molar-refractivity contribution in [1.29, 1.82) is 0 Å². The fourth-order valence-electron chi connectivity index (χ4n) is 1.60. The van der Waals surface area contributed by atoms with Crippen LogP contribution in [0.4, 0.5) is 35.9 Å². The SMILES string of the molecule is Nc1ccc(N=Nc2ccc([N+](=O)[O-])cc2C(F)(F)F)cc1. The molecule has 0 aromatic heterocycles. The number of non-ortho nitro benzene ring substituents is 1. The second kappa shape index (κ2) is 5.80. The van der Waals surface area contributed by atoms with Crippen LogP contribution in [0.15, 0.2) is 52.7 Å². The van der Waals surface area contributed by atoms with E-state index in [2.05, 4.69) is 10.2 Å². The van der Waals surface area contributed by atoms with Gasteiger partial charge in [-0.15, -0.1) is 5.11 Å². The molecule has 0 aliphatic carbocycles. The lowest BCUT2D eigenvalue weighted by molar-refractivity contribution is -0.385. The minimum atomic E-state index is -4.78. The van der Waals surface area contributed by atoms with E-state index in [1.165, 1.54) is 24.3 Å². The van der Waals surface area contributed by atoms with Gasteiger partial charge in [0.2, 0.25) is 0 Å². The van der Waals surface area contributed by atoms with E-state index in [4.69, 9.17) is 5.73 Å². The summed E-state index contributed by atoms with van der Waals surface area (Å²) in [6.07, 6.45) is -4.78. The zero-order chi connectivity index (χ0) is 16.3. The number of alkyl halides is 3. The van der Waals surface area contributed by atoms with E-state index < -0.39 is 28.0 Å². The molecular weight excluding hydrogens is 301 g/mol. The number of nitro groups is 1. The highest BCUT2D eigenvalue weighted by Gasteiger charge is 2.35. The maximum absolute atomic E-state index is 12.9. The first-order valence-electron chi connectivity index (χ1n) is 5.90. The largest absolute Gasteiger partial charge is 0.418 e. The van der Waals surface area contributed by atoms with E-state index in [9.17, 15) is 23.3 Å². The van der Waals surface area contributed by atoms with Gasteiger partial charge in [0.05, 0.1) is 21.9 Å².